The van der Waals surface area contributed by atoms with Crippen molar-refractivity contribution in [3.05, 3.63) is 96.7 Å². The van der Waals surface area contributed by atoms with Crippen LogP contribution in [-0.4, -0.2) is 22.0 Å². The van der Waals surface area contributed by atoms with Crippen molar-refractivity contribution in [2.75, 3.05) is 12.4 Å². The van der Waals surface area contributed by atoms with Gasteiger partial charge in [0.2, 0.25) is 0 Å². The molecule has 1 aliphatic heterocycles. The van der Waals surface area contributed by atoms with Crippen LogP contribution < -0.4 is 21.3 Å². The van der Waals surface area contributed by atoms with Gasteiger partial charge in [-0.3, -0.25) is 18.7 Å². The molecule has 0 spiro atoms. The maximum atomic E-state index is 13.5. The quantitative estimate of drug-likeness (QED) is 0.696. The summed E-state index contributed by atoms with van der Waals surface area (Å²) in [6.45, 7) is 1.93. The molecule has 1 aromatic heterocycles. The van der Waals surface area contributed by atoms with Crippen molar-refractivity contribution >= 4 is 17.3 Å². The lowest BCUT2D eigenvalue weighted by Crippen LogP contribution is -2.42. The summed E-state index contributed by atoms with van der Waals surface area (Å²) in [5.41, 5.74) is 3.72. The molecule has 5 rings (SSSR count). The maximum Gasteiger partial charge on any atom is 0.332 e. The minimum Gasteiger partial charge on any atom is -0.496 e. The number of methoxy groups -OCH3 is 1. The van der Waals surface area contributed by atoms with Gasteiger partial charge in [-0.1, -0.05) is 36.4 Å². The number of benzene rings is 2. The standard InChI is InChI=1S/C24H21N3O4/c1-12-9-10-13(11-16(12)31-4)17-18-20(14-7-5-6-8-15(14)21(18)28)25-22-19(17)23(29)27(3)24(30)26(22)2/h5-11,17,25H,1-4H3/t17-/m0/s1. The summed E-state index contributed by atoms with van der Waals surface area (Å²) in [4.78, 5) is 39.4. The third-order valence-electron chi connectivity index (χ3n) is 6.24. The number of anilines is 1. The van der Waals surface area contributed by atoms with Gasteiger partial charge in [-0.2, -0.15) is 0 Å². The summed E-state index contributed by atoms with van der Waals surface area (Å²) < 4.78 is 8.01. The molecule has 0 saturated heterocycles. The SMILES string of the molecule is COc1cc([C@H]2C3=C(Nc4c2c(=O)n(C)c(=O)n4C)c2ccccc2C3=O)ccc1C. The molecule has 0 fully saturated rings. The van der Waals surface area contributed by atoms with Gasteiger partial charge in [0.25, 0.3) is 5.56 Å². The molecule has 7 nitrogen and oxygen atoms in total. The fraction of sp³-hybridized carbons (Fsp3) is 0.208. The van der Waals surface area contributed by atoms with E-state index in [4.69, 9.17) is 4.74 Å². The van der Waals surface area contributed by atoms with Gasteiger partial charge in [0.05, 0.1) is 18.4 Å². The first-order valence-corrected chi connectivity index (χ1v) is 9.95. The second-order valence-electron chi connectivity index (χ2n) is 7.92. The lowest BCUT2D eigenvalue weighted by molar-refractivity contribution is 0.103. The fourth-order valence-electron chi connectivity index (χ4n) is 4.61. The molecule has 2 aromatic carbocycles. The molecule has 31 heavy (non-hydrogen) atoms. The predicted octanol–water partition coefficient (Wildman–Crippen LogP) is 2.57. The molecular weight excluding hydrogens is 394 g/mol. The fourth-order valence-corrected chi connectivity index (χ4v) is 4.61. The first-order valence-electron chi connectivity index (χ1n) is 9.95. The minimum absolute atomic E-state index is 0.121. The number of allylic oxidation sites excluding steroid dienone is 1. The van der Waals surface area contributed by atoms with Gasteiger partial charge in [0, 0.05) is 36.7 Å². The average Bonchev–Trinajstić information content (AvgIpc) is 3.07. The highest BCUT2D eigenvalue weighted by Gasteiger charge is 2.42. The van der Waals surface area contributed by atoms with Crippen molar-refractivity contribution in [2.24, 2.45) is 14.1 Å². The van der Waals surface area contributed by atoms with Crippen molar-refractivity contribution in [1.29, 1.82) is 0 Å². The zero-order valence-corrected chi connectivity index (χ0v) is 17.6. The molecule has 0 radical (unpaired) electrons. The highest BCUT2D eigenvalue weighted by atomic mass is 16.5. The van der Waals surface area contributed by atoms with E-state index in [9.17, 15) is 14.4 Å². The van der Waals surface area contributed by atoms with E-state index in [0.717, 1.165) is 21.3 Å². The van der Waals surface area contributed by atoms with Crippen molar-refractivity contribution in [3.63, 3.8) is 0 Å². The van der Waals surface area contributed by atoms with Gasteiger partial charge >= 0.3 is 5.69 Å². The van der Waals surface area contributed by atoms with Crippen molar-refractivity contribution in [2.45, 2.75) is 12.8 Å². The number of fused-ring (bicyclic) bond motifs is 3. The normalized spacial score (nSPS) is 16.5. The van der Waals surface area contributed by atoms with E-state index in [-0.39, 0.29) is 5.78 Å². The van der Waals surface area contributed by atoms with Gasteiger partial charge < -0.3 is 10.1 Å². The van der Waals surface area contributed by atoms with Crippen LogP contribution in [0.4, 0.5) is 5.82 Å². The Bertz CT molecular complexity index is 1440. The third-order valence-corrected chi connectivity index (χ3v) is 6.24. The number of carbonyl (C=O) groups is 1. The smallest absolute Gasteiger partial charge is 0.332 e. The van der Waals surface area contributed by atoms with Crippen LogP contribution in [0, 0.1) is 6.92 Å². The monoisotopic (exact) mass is 415 g/mol. The van der Waals surface area contributed by atoms with Crippen molar-refractivity contribution in [3.8, 4) is 5.75 Å². The van der Waals surface area contributed by atoms with E-state index in [2.05, 4.69) is 5.32 Å². The number of rotatable bonds is 2. The number of hydrogen-bond acceptors (Lipinski definition) is 5. The average molecular weight is 415 g/mol. The third kappa shape index (κ3) is 2.49. The van der Waals surface area contributed by atoms with E-state index in [1.807, 2.05) is 43.3 Å². The Morgan fingerprint density at radius 2 is 1.68 bits per heavy atom. The van der Waals surface area contributed by atoms with E-state index in [0.29, 0.717) is 34.0 Å². The molecule has 7 heteroatoms. The number of aromatic nitrogens is 2. The molecule has 2 heterocycles. The van der Waals surface area contributed by atoms with Crippen LogP contribution in [0.2, 0.25) is 0 Å². The first kappa shape index (κ1) is 19.1. The number of nitrogens with zero attached hydrogens (tertiary/aromatic N) is 2. The second kappa shape index (κ2) is 6.57. The van der Waals surface area contributed by atoms with Crippen LogP contribution >= 0.6 is 0 Å². The number of hydrogen-bond donors (Lipinski definition) is 1. The maximum absolute atomic E-state index is 13.5. The summed E-state index contributed by atoms with van der Waals surface area (Å²) in [5, 5.41) is 3.24. The van der Waals surface area contributed by atoms with Crippen LogP contribution in [0.3, 0.4) is 0 Å². The summed E-state index contributed by atoms with van der Waals surface area (Å²) in [6.07, 6.45) is 0. The first-order chi connectivity index (χ1) is 14.8. The molecule has 0 amide bonds. The number of Topliss-reactive ketones (excluding diaryl/α,β-unsaturated/α-hetero) is 1. The van der Waals surface area contributed by atoms with Crippen LogP contribution in [-0.2, 0) is 14.1 Å². The van der Waals surface area contributed by atoms with Gasteiger partial charge in [0.15, 0.2) is 5.78 Å². The predicted molar refractivity (Wildman–Crippen MR) is 118 cm³/mol. The molecule has 0 bridgehead atoms. The van der Waals surface area contributed by atoms with Crippen LogP contribution in [0.5, 0.6) is 5.75 Å². The minimum atomic E-state index is -0.633. The molecule has 1 atom stereocenters. The highest BCUT2D eigenvalue weighted by Crippen LogP contribution is 2.48. The van der Waals surface area contributed by atoms with E-state index in [1.54, 1.807) is 20.2 Å². The Morgan fingerprint density at radius 1 is 0.968 bits per heavy atom. The molecule has 1 aliphatic carbocycles. The number of ether oxygens (including phenoxy) is 1. The Balaban J connectivity index is 1.89. The largest absolute Gasteiger partial charge is 0.496 e. The summed E-state index contributed by atoms with van der Waals surface area (Å²) >= 11 is 0. The Labute approximate surface area is 178 Å². The van der Waals surface area contributed by atoms with Gasteiger partial charge in [0.1, 0.15) is 11.6 Å². The lowest BCUT2D eigenvalue weighted by Gasteiger charge is -2.30. The van der Waals surface area contributed by atoms with E-state index >= 15 is 0 Å². The molecule has 0 saturated carbocycles. The van der Waals surface area contributed by atoms with Crippen LogP contribution in [0.15, 0.2) is 57.6 Å². The Hall–Kier alpha value is -3.87. The van der Waals surface area contributed by atoms with Gasteiger partial charge in [-0.25, -0.2) is 4.79 Å². The summed E-state index contributed by atoms with van der Waals surface area (Å²) in [7, 11) is 4.66. The highest BCUT2D eigenvalue weighted by molar-refractivity contribution is 6.23. The molecule has 1 N–H and O–H groups in total. The van der Waals surface area contributed by atoms with Crippen LogP contribution in [0.1, 0.15) is 38.5 Å². The molecule has 0 unspecified atom stereocenters. The Morgan fingerprint density at radius 3 is 2.39 bits per heavy atom. The second-order valence-corrected chi connectivity index (χ2v) is 7.92. The van der Waals surface area contributed by atoms with E-state index < -0.39 is 17.2 Å². The van der Waals surface area contributed by atoms with Gasteiger partial charge in [-0.05, 0) is 24.1 Å². The summed E-state index contributed by atoms with van der Waals surface area (Å²) in [6, 6.07) is 13.0. The molecule has 3 aromatic rings. The van der Waals surface area contributed by atoms with Crippen molar-refractivity contribution in [1.82, 2.24) is 9.13 Å². The van der Waals surface area contributed by atoms with E-state index in [1.165, 1.54) is 11.6 Å². The topological polar surface area (TPSA) is 82.3 Å². The lowest BCUT2D eigenvalue weighted by atomic mass is 9.81. The van der Waals surface area contributed by atoms with Gasteiger partial charge in [-0.15, -0.1) is 0 Å². The number of ketones is 1. The number of carbonyl (C=O) groups excluding carboxylic acids is 1. The zero-order valence-electron chi connectivity index (χ0n) is 17.6. The number of nitrogens with one attached hydrogen (secondary N) is 1. The Kier molecular flexibility index (Phi) is 4.05. The molecular formula is C24H21N3O4. The van der Waals surface area contributed by atoms with Crippen molar-refractivity contribution < 1.29 is 9.53 Å². The summed E-state index contributed by atoms with van der Waals surface area (Å²) in [5.74, 6) is 0.320. The molecule has 156 valence electrons. The molecule has 2 aliphatic rings. The number of aryl methyl sites for hydroxylation is 1. The van der Waals surface area contributed by atoms with Crippen LogP contribution in [0.25, 0.3) is 5.70 Å². The zero-order chi connectivity index (χ0) is 22.0.